The zero-order valence-corrected chi connectivity index (χ0v) is 11.7. The van der Waals surface area contributed by atoms with E-state index in [4.69, 9.17) is 5.73 Å². The fourth-order valence-corrected chi connectivity index (χ4v) is 2.63. The molecule has 0 aromatic heterocycles. The van der Waals surface area contributed by atoms with Crippen molar-refractivity contribution >= 4 is 10.1 Å². The van der Waals surface area contributed by atoms with Crippen LogP contribution in [-0.4, -0.2) is 26.9 Å². The summed E-state index contributed by atoms with van der Waals surface area (Å²) < 4.78 is 66.2. The first-order valence-corrected chi connectivity index (χ1v) is 7.48. The molecule has 0 unspecified atom stereocenters. The van der Waals surface area contributed by atoms with Crippen LogP contribution >= 0.6 is 0 Å². The number of hydrogen-bond donors (Lipinski definition) is 1. The zero-order valence-electron chi connectivity index (χ0n) is 10.9. The van der Waals surface area contributed by atoms with Gasteiger partial charge in [0.2, 0.25) is 0 Å². The van der Waals surface area contributed by atoms with Crippen LogP contribution in [0, 0.1) is 6.92 Å². The normalized spacial score (nSPS) is 14.2. The number of aryl methyl sites for hydroxylation is 1. The van der Waals surface area contributed by atoms with Crippen LogP contribution in [0.4, 0.5) is 13.2 Å². The van der Waals surface area contributed by atoms with E-state index in [1.165, 1.54) is 24.3 Å². The monoisotopic (exact) mass is 311 g/mol. The summed E-state index contributed by atoms with van der Waals surface area (Å²) in [6.07, 6.45) is -7.27. The van der Waals surface area contributed by atoms with Crippen LogP contribution in [0.15, 0.2) is 24.3 Å². The maximum absolute atomic E-state index is 12.9. The molecule has 1 aromatic carbocycles. The molecule has 0 heterocycles. The van der Waals surface area contributed by atoms with Gasteiger partial charge in [-0.25, -0.2) is 0 Å². The minimum absolute atomic E-state index is 0.0425. The largest absolute Gasteiger partial charge is 0.420 e. The van der Waals surface area contributed by atoms with Crippen molar-refractivity contribution in [3.05, 3.63) is 35.4 Å². The molecule has 0 aliphatic heterocycles. The summed E-state index contributed by atoms with van der Waals surface area (Å²) >= 11 is 0. The Labute approximate surface area is 115 Å². The zero-order chi connectivity index (χ0) is 15.4. The van der Waals surface area contributed by atoms with Crippen molar-refractivity contribution in [1.29, 1.82) is 0 Å². The number of nitrogens with two attached hydrogens (primary N) is 1. The molecular formula is C12H16F3NO3S. The van der Waals surface area contributed by atoms with Gasteiger partial charge >= 0.3 is 6.18 Å². The minimum Gasteiger partial charge on any atom is -0.330 e. The first-order chi connectivity index (χ1) is 9.15. The maximum atomic E-state index is 12.9. The van der Waals surface area contributed by atoms with Crippen LogP contribution in [0.5, 0.6) is 0 Å². The van der Waals surface area contributed by atoms with Gasteiger partial charge in [0.1, 0.15) is 0 Å². The van der Waals surface area contributed by atoms with Crippen molar-refractivity contribution in [2.75, 3.05) is 12.3 Å². The summed E-state index contributed by atoms with van der Waals surface area (Å²) in [6, 6.07) is 5.33. The van der Waals surface area contributed by atoms with Gasteiger partial charge in [-0.2, -0.15) is 21.6 Å². The number of hydrogen-bond acceptors (Lipinski definition) is 4. The molecule has 0 aliphatic carbocycles. The number of alkyl halides is 3. The fourth-order valence-electron chi connectivity index (χ4n) is 1.50. The van der Waals surface area contributed by atoms with Crippen LogP contribution in [0.1, 0.15) is 23.7 Å². The predicted molar refractivity (Wildman–Crippen MR) is 68.5 cm³/mol. The molecule has 1 aromatic rings. The third-order valence-corrected chi connectivity index (χ3v) is 3.79. The topological polar surface area (TPSA) is 69.4 Å². The molecule has 0 saturated carbocycles. The smallest absolute Gasteiger partial charge is 0.330 e. The van der Waals surface area contributed by atoms with E-state index in [-0.39, 0.29) is 18.5 Å². The molecule has 0 saturated heterocycles. The van der Waals surface area contributed by atoms with Crippen molar-refractivity contribution in [3.8, 4) is 0 Å². The van der Waals surface area contributed by atoms with E-state index in [9.17, 15) is 21.6 Å². The summed E-state index contributed by atoms with van der Waals surface area (Å²) in [5.41, 5.74) is 5.65. The average Bonchev–Trinajstić information content (AvgIpc) is 2.34. The Morgan fingerprint density at radius 2 is 1.80 bits per heavy atom. The second-order valence-corrected chi connectivity index (χ2v) is 6.05. The van der Waals surface area contributed by atoms with Crippen LogP contribution in [0.2, 0.25) is 0 Å². The van der Waals surface area contributed by atoms with Crippen molar-refractivity contribution in [1.82, 2.24) is 0 Å². The van der Waals surface area contributed by atoms with Crippen LogP contribution < -0.4 is 5.73 Å². The lowest BCUT2D eigenvalue weighted by Crippen LogP contribution is -2.27. The van der Waals surface area contributed by atoms with Gasteiger partial charge in [0.15, 0.2) is 6.10 Å². The Balaban J connectivity index is 3.00. The highest BCUT2D eigenvalue weighted by Gasteiger charge is 2.44. The summed E-state index contributed by atoms with van der Waals surface area (Å²) in [5.74, 6) is -0.540. The minimum atomic E-state index is -4.81. The molecular weight excluding hydrogens is 295 g/mol. The number of halogens is 3. The highest BCUT2D eigenvalue weighted by Crippen LogP contribution is 2.37. The second kappa shape index (κ2) is 6.55. The van der Waals surface area contributed by atoms with Crippen molar-refractivity contribution in [2.24, 2.45) is 5.73 Å². The van der Waals surface area contributed by atoms with Crippen LogP contribution in [0.25, 0.3) is 0 Å². The van der Waals surface area contributed by atoms with E-state index >= 15 is 0 Å². The van der Waals surface area contributed by atoms with Gasteiger partial charge in [-0.05, 0) is 25.5 Å². The number of rotatable bonds is 6. The molecule has 2 N–H and O–H groups in total. The molecule has 0 fully saturated rings. The summed E-state index contributed by atoms with van der Waals surface area (Å²) in [6.45, 7) is 1.77. The summed E-state index contributed by atoms with van der Waals surface area (Å²) in [5, 5.41) is 0. The summed E-state index contributed by atoms with van der Waals surface area (Å²) in [4.78, 5) is 0. The first-order valence-electron chi connectivity index (χ1n) is 5.90. The lowest BCUT2D eigenvalue weighted by molar-refractivity contribution is -0.196. The van der Waals surface area contributed by atoms with Gasteiger partial charge in [0, 0.05) is 0 Å². The lowest BCUT2D eigenvalue weighted by atomic mass is 10.1. The lowest BCUT2D eigenvalue weighted by Gasteiger charge is -2.20. The molecule has 114 valence electrons. The second-order valence-electron chi connectivity index (χ2n) is 4.33. The Kier molecular flexibility index (Phi) is 5.55. The Bertz CT molecular complexity index is 526. The van der Waals surface area contributed by atoms with E-state index in [1.54, 1.807) is 6.92 Å². The van der Waals surface area contributed by atoms with Crippen LogP contribution in [-0.2, 0) is 14.3 Å². The third kappa shape index (κ3) is 5.10. The van der Waals surface area contributed by atoms with E-state index in [0.29, 0.717) is 0 Å². The molecule has 0 spiro atoms. The van der Waals surface area contributed by atoms with Crippen molar-refractivity contribution < 1.29 is 25.8 Å². The van der Waals surface area contributed by atoms with E-state index < -0.39 is 28.2 Å². The molecule has 4 nitrogen and oxygen atoms in total. The predicted octanol–water partition coefficient (Wildman–Crippen LogP) is 2.29. The van der Waals surface area contributed by atoms with Gasteiger partial charge < -0.3 is 5.73 Å². The molecule has 0 aliphatic rings. The molecule has 8 heteroatoms. The Hall–Kier alpha value is -1.12. The SMILES string of the molecule is Cc1ccc([C@@H](OS(=O)(=O)CCCN)C(F)(F)F)cc1. The van der Waals surface area contributed by atoms with Crippen LogP contribution in [0.3, 0.4) is 0 Å². The molecule has 0 amide bonds. The van der Waals surface area contributed by atoms with E-state index in [0.717, 1.165) is 5.56 Å². The van der Waals surface area contributed by atoms with Crippen molar-refractivity contribution in [2.45, 2.75) is 25.6 Å². The molecule has 0 bridgehead atoms. The van der Waals surface area contributed by atoms with Crippen molar-refractivity contribution in [3.63, 3.8) is 0 Å². The quantitative estimate of drug-likeness (QED) is 0.818. The highest BCUT2D eigenvalue weighted by molar-refractivity contribution is 7.86. The average molecular weight is 311 g/mol. The standard InChI is InChI=1S/C12H16F3NO3S/c1-9-3-5-10(6-4-9)11(12(13,14)15)19-20(17,18)8-2-7-16/h3-6,11H,2,7-8,16H2,1H3/t11-/m1/s1. The van der Waals surface area contributed by atoms with Gasteiger partial charge in [-0.1, -0.05) is 29.8 Å². The molecule has 1 atom stereocenters. The molecule has 20 heavy (non-hydrogen) atoms. The van der Waals surface area contributed by atoms with Gasteiger partial charge in [0.25, 0.3) is 10.1 Å². The first kappa shape index (κ1) is 16.9. The van der Waals surface area contributed by atoms with E-state index in [2.05, 4.69) is 4.18 Å². The third-order valence-electron chi connectivity index (χ3n) is 2.52. The maximum Gasteiger partial charge on any atom is 0.420 e. The van der Waals surface area contributed by atoms with E-state index in [1.807, 2.05) is 0 Å². The molecule has 0 radical (unpaired) electrons. The Morgan fingerprint density at radius 3 is 2.25 bits per heavy atom. The highest BCUT2D eigenvalue weighted by atomic mass is 32.2. The molecule has 1 rings (SSSR count). The fraction of sp³-hybridized carbons (Fsp3) is 0.500. The Morgan fingerprint density at radius 1 is 1.25 bits per heavy atom. The summed E-state index contributed by atoms with van der Waals surface area (Å²) in [7, 11) is -4.28. The van der Waals surface area contributed by atoms with Gasteiger partial charge in [-0.3, -0.25) is 4.18 Å². The van der Waals surface area contributed by atoms with Gasteiger partial charge in [0.05, 0.1) is 5.75 Å². The van der Waals surface area contributed by atoms with Gasteiger partial charge in [-0.15, -0.1) is 0 Å². The number of benzene rings is 1.